The van der Waals surface area contributed by atoms with Gasteiger partial charge in [-0.05, 0) is 29.1 Å². The summed E-state index contributed by atoms with van der Waals surface area (Å²) in [5.41, 5.74) is 0.893. The highest BCUT2D eigenvalue weighted by molar-refractivity contribution is 7.10. The number of carbonyl (C=O) groups excluding carboxylic acids is 1. The third-order valence-corrected chi connectivity index (χ3v) is 5.64. The first-order valence-electron chi connectivity index (χ1n) is 9.04. The molecule has 1 aliphatic heterocycles. The van der Waals surface area contributed by atoms with E-state index in [0.29, 0.717) is 24.5 Å². The molecule has 27 heavy (non-hydrogen) atoms. The van der Waals surface area contributed by atoms with Crippen LogP contribution >= 0.6 is 11.3 Å². The molecule has 1 atom stereocenters. The lowest BCUT2D eigenvalue weighted by atomic mass is 10.1. The van der Waals surface area contributed by atoms with Gasteiger partial charge in [-0.1, -0.05) is 12.1 Å². The van der Waals surface area contributed by atoms with Crippen LogP contribution in [-0.2, 0) is 16.0 Å². The van der Waals surface area contributed by atoms with E-state index in [1.165, 1.54) is 4.88 Å². The van der Waals surface area contributed by atoms with E-state index >= 15 is 0 Å². The highest BCUT2D eigenvalue weighted by Crippen LogP contribution is 2.28. The number of amides is 1. The molecule has 0 radical (unpaired) electrons. The molecule has 3 rings (SSSR count). The standard InChI is InChI=1S/C20H26N2O4S/c1-24-17-6-5-15(12-18(17)25-2)13-20(23)21-14-16(19-4-3-11-27-19)22-7-9-26-10-8-22/h3-6,11-12,16H,7-10,13-14H2,1-2H3,(H,21,23). The maximum absolute atomic E-state index is 12.5. The van der Waals surface area contributed by atoms with Crippen LogP contribution in [0.4, 0.5) is 0 Å². The number of nitrogens with one attached hydrogen (secondary N) is 1. The molecule has 6 nitrogen and oxygen atoms in total. The quantitative estimate of drug-likeness (QED) is 0.751. The lowest BCUT2D eigenvalue weighted by Gasteiger charge is -2.34. The molecule has 0 aliphatic carbocycles. The van der Waals surface area contributed by atoms with Crippen molar-refractivity contribution < 1.29 is 19.0 Å². The van der Waals surface area contributed by atoms with E-state index in [0.717, 1.165) is 31.9 Å². The topological polar surface area (TPSA) is 60.0 Å². The van der Waals surface area contributed by atoms with Gasteiger partial charge < -0.3 is 19.5 Å². The first-order valence-corrected chi connectivity index (χ1v) is 9.92. The second-order valence-corrected chi connectivity index (χ2v) is 7.33. The molecule has 146 valence electrons. The maximum atomic E-state index is 12.5. The van der Waals surface area contributed by atoms with Gasteiger partial charge in [0, 0.05) is 24.5 Å². The third kappa shape index (κ3) is 5.22. The van der Waals surface area contributed by atoms with Crippen LogP contribution in [0, 0.1) is 0 Å². The fraction of sp³-hybridized carbons (Fsp3) is 0.450. The van der Waals surface area contributed by atoms with Crippen LogP contribution in [0.25, 0.3) is 0 Å². The molecular weight excluding hydrogens is 364 g/mol. The van der Waals surface area contributed by atoms with Crippen LogP contribution in [0.15, 0.2) is 35.7 Å². The number of morpholine rings is 1. The minimum Gasteiger partial charge on any atom is -0.493 e. The molecule has 0 saturated carbocycles. The number of hydrogen-bond acceptors (Lipinski definition) is 6. The molecule has 1 aromatic heterocycles. The van der Waals surface area contributed by atoms with E-state index in [1.54, 1.807) is 25.6 Å². The molecule has 1 aromatic carbocycles. The van der Waals surface area contributed by atoms with Crippen LogP contribution in [0.3, 0.4) is 0 Å². The van der Waals surface area contributed by atoms with E-state index in [2.05, 4.69) is 27.7 Å². The van der Waals surface area contributed by atoms with Crippen LogP contribution in [-0.4, -0.2) is 57.9 Å². The first-order chi connectivity index (χ1) is 13.2. The zero-order chi connectivity index (χ0) is 19.1. The number of carbonyl (C=O) groups is 1. The molecule has 2 heterocycles. The number of rotatable bonds is 8. The largest absolute Gasteiger partial charge is 0.493 e. The van der Waals surface area contributed by atoms with Crippen molar-refractivity contribution in [1.82, 2.24) is 10.2 Å². The predicted molar refractivity (Wildman–Crippen MR) is 106 cm³/mol. The molecule has 2 aromatic rings. The Balaban J connectivity index is 1.60. The predicted octanol–water partition coefficient (Wildman–Crippen LogP) is 2.50. The summed E-state index contributed by atoms with van der Waals surface area (Å²) < 4.78 is 16.0. The summed E-state index contributed by atoms with van der Waals surface area (Å²) in [6.07, 6.45) is 0.306. The van der Waals surface area contributed by atoms with Crippen molar-refractivity contribution in [3.05, 3.63) is 46.2 Å². The zero-order valence-corrected chi connectivity index (χ0v) is 16.6. The summed E-state index contributed by atoms with van der Waals surface area (Å²) >= 11 is 1.73. The van der Waals surface area contributed by atoms with E-state index in [4.69, 9.17) is 14.2 Å². The normalized spacial score (nSPS) is 15.9. The number of hydrogen-bond donors (Lipinski definition) is 1. The average Bonchev–Trinajstić information content (AvgIpc) is 3.23. The van der Waals surface area contributed by atoms with Crippen molar-refractivity contribution in [2.75, 3.05) is 47.1 Å². The lowest BCUT2D eigenvalue weighted by Crippen LogP contribution is -2.43. The fourth-order valence-corrected chi connectivity index (χ4v) is 4.09. The summed E-state index contributed by atoms with van der Waals surface area (Å²) in [6, 6.07) is 9.92. The van der Waals surface area contributed by atoms with Crippen molar-refractivity contribution in [2.45, 2.75) is 12.5 Å². The molecule has 1 fully saturated rings. The molecule has 0 bridgehead atoms. The van der Waals surface area contributed by atoms with Gasteiger partial charge in [0.1, 0.15) is 0 Å². The summed E-state index contributed by atoms with van der Waals surface area (Å²) in [4.78, 5) is 16.1. The lowest BCUT2D eigenvalue weighted by molar-refractivity contribution is -0.120. The minimum absolute atomic E-state index is 0.00274. The highest BCUT2D eigenvalue weighted by Gasteiger charge is 2.24. The Morgan fingerprint density at radius 1 is 1.22 bits per heavy atom. The smallest absolute Gasteiger partial charge is 0.224 e. The molecule has 7 heteroatoms. The van der Waals surface area contributed by atoms with Gasteiger partial charge in [0.05, 0.1) is 39.9 Å². The third-order valence-electron chi connectivity index (χ3n) is 4.66. The Morgan fingerprint density at radius 2 is 2.00 bits per heavy atom. The number of ether oxygens (including phenoxy) is 3. The van der Waals surface area contributed by atoms with Gasteiger partial charge in [-0.2, -0.15) is 0 Å². The Kier molecular flexibility index (Phi) is 7.09. The number of methoxy groups -OCH3 is 2. The Labute approximate surface area is 164 Å². The molecule has 0 spiro atoms. The van der Waals surface area contributed by atoms with Gasteiger partial charge in [0.15, 0.2) is 11.5 Å². The van der Waals surface area contributed by atoms with Gasteiger partial charge in [-0.15, -0.1) is 11.3 Å². The second kappa shape index (κ2) is 9.73. The molecule has 1 saturated heterocycles. The van der Waals surface area contributed by atoms with Crippen molar-refractivity contribution >= 4 is 17.2 Å². The summed E-state index contributed by atoms with van der Waals surface area (Å²) in [6.45, 7) is 3.83. The number of benzene rings is 1. The van der Waals surface area contributed by atoms with Gasteiger partial charge >= 0.3 is 0 Å². The summed E-state index contributed by atoms with van der Waals surface area (Å²) in [5, 5.41) is 5.17. The molecular formula is C20H26N2O4S. The minimum atomic E-state index is -0.00274. The maximum Gasteiger partial charge on any atom is 0.224 e. The Morgan fingerprint density at radius 3 is 2.67 bits per heavy atom. The van der Waals surface area contributed by atoms with Gasteiger partial charge in [-0.25, -0.2) is 0 Å². The van der Waals surface area contributed by atoms with Crippen molar-refractivity contribution in [2.24, 2.45) is 0 Å². The van der Waals surface area contributed by atoms with Crippen LogP contribution < -0.4 is 14.8 Å². The van der Waals surface area contributed by atoms with E-state index in [-0.39, 0.29) is 11.9 Å². The molecule has 1 aliphatic rings. The van der Waals surface area contributed by atoms with Crippen molar-refractivity contribution in [1.29, 1.82) is 0 Å². The second-order valence-electron chi connectivity index (χ2n) is 6.35. The monoisotopic (exact) mass is 390 g/mol. The fourth-order valence-electron chi connectivity index (χ4n) is 3.23. The van der Waals surface area contributed by atoms with Crippen molar-refractivity contribution in [3.63, 3.8) is 0 Å². The average molecular weight is 391 g/mol. The van der Waals surface area contributed by atoms with Crippen LogP contribution in [0.2, 0.25) is 0 Å². The van der Waals surface area contributed by atoms with Gasteiger partial charge in [-0.3, -0.25) is 9.69 Å². The van der Waals surface area contributed by atoms with E-state index in [1.807, 2.05) is 18.2 Å². The van der Waals surface area contributed by atoms with Gasteiger partial charge in [0.2, 0.25) is 5.91 Å². The zero-order valence-electron chi connectivity index (χ0n) is 15.8. The highest BCUT2D eigenvalue weighted by atomic mass is 32.1. The molecule has 1 unspecified atom stereocenters. The first kappa shape index (κ1) is 19.7. The molecule has 1 amide bonds. The van der Waals surface area contributed by atoms with E-state index in [9.17, 15) is 4.79 Å². The van der Waals surface area contributed by atoms with E-state index < -0.39 is 0 Å². The van der Waals surface area contributed by atoms with Crippen LogP contribution in [0.1, 0.15) is 16.5 Å². The Bertz CT molecular complexity index is 730. The SMILES string of the molecule is COc1ccc(CC(=O)NCC(c2cccs2)N2CCOCC2)cc1OC. The van der Waals surface area contributed by atoms with Crippen molar-refractivity contribution in [3.8, 4) is 11.5 Å². The summed E-state index contributed by atoms with van der Waals surface area (Å²) in [5.74, 6) is 1.29. The number of thiophene rings is 1. The number of nitrogens with zero attached hydrogens (tertiary/aromatic N) is 1. The summed E-state index contributed by atoms with van der Waals surface area (Å²) in [7, 11) is 3.19. The van der Waals surface area contributed by atoms with Crippen LogP contribution in [0.5, 0.6) is 11.5 Å². The molecule has 1 N–H and O–H groups in total. The van der Waals surface area contributed by atoms with Gasteiger partial charge in [0.25, 0.3) is 0 Å². The Hall–Kier alpha value is -2.09.